The van der Waals surface area contributed by atoms with Crippen LogP contribution in [0.2, 0.25) is 0 Å². The number of rotatable bonds is 5. The second kappa shape index (κ2) is 8.72. The Balaban J connectivity index is 1.99. The minimum absolute atomic E-state index is 0.0523. The number of hydrogen-bond donors (Lipinski definition) is 1. The summed E-state index contributed by atoms with van der Waals surface area (Å²) < 4.78 is 40.3. The van der Waals surface area contributed by atoms with E-state index in [1.54, 1.807) is 30.8 Å². The van der Waals surface area contributed by atoms with E-state index in [0.29, 0.717) is 12.1 Å². The Morgan fingerprint density at radius 3 is 2.30 bits per heavy atom. The van der Waals surface area contributed by atoms with E-state index in [2.05, 4.69) is 5.32 Å². The first-order valence-electron chi connectivity index (χ1n) is 10.9. The Morgan fingerprint density at radius 1 is 1.18 bits per heavy atom. The monoisotopic (exact) mass is 461 g/mol. The molecule has 33 heavy (non-hydrogen) atoms. The topological polar surface area (TPSA) is 52.7 Å². The zero-order valence-corrected chi connectivity index (χ0v) is 19.8. The minimum atomic E-state index is -4.55. The molecule has 3 rings (SSSR count). The fourth-order valence-corrected chi connectivity index (χ4v) is 4.60. The molecule has 0 aromatic heterocycles. The molecular formula is C25H30F3N3O2. The van der Waals surface area contributed by atoms with Crippen LogP contribution in [0.1, 0.15) is 37.0 Å². The van der Waals surface area contributed by atoms with E-state index in [4.69, 9.17) is 0 Å². The second-order valence-electron chi connectivity index (χ2n) is 9.01. The molecule has 0 unspecified atom stereocenters. The standard InChI is InChI=1S/C25H30F3N3O2/c1-7-24(14-31(22(32)17(24)4)21-15(2)9-8-10-16(21)3)23(33)29-19-11-18(25(26,27)28)12-20(13-19)30(5)6/h8-13,17H,7,14H2,1-6H3,(H,29,33)/t17-,24-/m1/s1. The van der Waals surface area contributed by atoms with Gasteiger partial charge in [-0.3, -0.25) is 9.59 Å². The lowest BCUT2D eigenvalue weighted by Gasteiger charge is -2.30. The predicted molar refractivity (Wildman–Crippen MR) is 125 cm³/mol. The molecule has 1 N–H and O–H groups in total. The van der Waals surface area contributed by atoms with Gasteiger partial charge in [-0.1, -0.05) is 32.0 Å². The summed E-state index contributed by atoms with van der Waals surface area (Å²) in [5, 5.41) is 2.69. The van der Waals surface area contributed by atoms with Crippen LogP contribution >= 0.6 is 0 Å². The summed E-state index contributed by atoms with van der Waals surface area (Å²) in [4.78, 5) is 30.0. The van der Waals surface area contributed by atoms with Gasteiger partial charge in [-0.15, -0.1) is 0 Å². The van der Waals surface area contributed by atoms with Crippen molar-refractivity contribution in [1.82, 2.24) is 0 Å². The largest absolute Gasteiger partial charge is 0.416 e. The van der Waals surface area contributed by atoms with Gasteiger partial charge in [0.15, 0.2) is 0 Å². The smallest absolute Gasteiger partial charge is 0.378 e. The first-order chi connectivity index (χ1) is 15.3. The number of nitrogens with one attached hydrogen (secondary N) is 1. The zero-order chi connectivity index (χ0) is 24.7. The van der Waals surface area contributed by atoms with Crippen LogP contribution < -0.4 is 15.1 Å². The summed E-state index contributed by atoms with van der Waals surface area (Å²) in [6.45, 7) is 7.54. The maximum absolute atomic E-state index is 13.5. The highest BCUT2D eigenvalue weighted by Crippen LogP contribution is 2.44. The van der Waals surface area contributed by atoms with E-state index in [-0.39, 0.29) is 18.1 Å². The summed E-state index contributed by atoms with van der Waals surface area (Å²) >= 11 is 0. The van der Waals surface area contributed by atoms with Gasteiger partial charge in [-0.25, -0.2) is 0 Å². The highest BCUT2D eigenvalue weighted by atomic mass is 19.4. The van der Waals surface area contributed by atoms with E-state index < -0.39 is 29.0 Å². The number of anilines is 3. The van der Waals surface area contributed by atoms with Crippen LogP contribution in [0.3, 0.4) is 0 Å². The number of nitrogens with zero attached hydrogens (tertiary/aromatic N) is 2. The van der Waals surface area contributed by atoms with Crippen LogP contribution in [0.5, 0.6) is 0 Å². The molecule has 2 atom stereocenters. The third kappa shape index (κ3) is 4.43. The molecule has 2 amide bonds. The van der Waals surface area contributed by atoms with Crippen LogP contribution in [0, 0.1) is 25.2 Å². The number of amides is 2. The SMILES string of the molecule is CC[C@@]1(C(=O)Nc2cc(N(C)C)cc(C(F)(F)F)c2)CN(c2c(C)cccc2C)C(=O)[C@H]1C. The third-order valence-electron chi connectivity index (χ3n) is 6.72. The van der Waals surface area contributed by atoms with Crippen molar-refractivity contribution < 1.29 is 22.8 Å². The number of halogens is 3. The van der Waals surface area contributed by atoms with E-state index in [1.165, 1.54) is 6.07 Å². The molecule has 0 bridgehead atoms. The van der Waals surface area contributed by atoms with E-state index >= 15 is 0 Å². The van der Waals surface area contributed by atoms with Crippen LogP contribution in [-0.2, 0) is 15.8 Å². The molecule has 1 aliphatic rings. The molecule has 0 radical (unpaired) electrons. The molecule has 2 aromatic carbocycles. The van der Waals surface area contributed by atoms with E-state index in [0.717, 1.165) is 28.9 Å². The van der Waals surface area contributed by atoms with Crippen LogP contribution in [-0.4, -0.2) is 32.5 Å². The fraction of sp³-hybridized carbons (Fsp3) is 0.440. The van der Waals surface area contributed by atoms with Gasteiger partial charge < -0.3 is 15.1 Å². The Bertz CT molecular complexity index is 1060. The zero-order valence-electron chi connectivity index (χ0n) is 19.8. The molecule has 1 fully saturated rings. The maximum atomic E-state index is 13.5. The van der Waals surface area contributed by atoms with Crippen molar-refractivity contribution in [2.24, 2.45) is 11.3 Å². The summed E-state index contributed by atoms with van der Waals surface area (Å²) in [6.07, 6.45) is -4.18. The normalized spacial score (nSPS) is 20.8. The van der Waals surface area contributed by atoms with Crippen molar-refractivity contribution >= 4 is 28.9 Å². The van der Waals surface area contributed by atoms with Gasteiger partial charge in [0.2, 0.25) is 11.8 Å². The summed E-state index contributed by atoms with van der Waals surface area (Å²) in [5.74, 6) is -1.24. The number of benzene rings is 2. The van der Waals surface area contributed by atoms with E-state index in [9.17, 15) is 22.8 Å². The molecule has 2 aromatic rings. The van der Waals surface area contributed by atoms with Gasteiger partial charge in [-0.2, -0.15) is 13.2 Å². The molecule has 1 aliphatic heterocycles. The van der Waals surface area contributed by atoms with Gasteiger partial charge >= 0.3 is 6.18 Å². The molecule has 5 nitrogen and oxygen atoms in total. The van der Waals surface area contributed by atoms with Gasteiger partial charge in [0.1, 0.15) is 0 Å². The van der Waals surface area contributed by atoms with Gasteiger partial charge in [-0.05, 0) is 49.6 Å². The Morgan fingerprint density at radius 2 is 1.79 bits per heavy atom. The quantitative estimate of drug-likeness (QED) is 0.648. The van der Waals surface area contributed by atoms with Gasteiger partial charge in [0.25, 0.3) is 0 Å². The third-order valence-corrected chi connectivity index (χ3v) is 6.72. The van der Waals surface area contributed by atoms with E-state index in [1.807, 2.05) is 39.0 Å². The Labute approximate surface area is 192 Å². The Hall–Kier alpha value is -3.03. The number of carbonyl (C=O) groups is 2. The molecule has 8 heteroatoms. The average Bonchev–Trinajstić information content (AvgIpc) is 2.99. The molecular weight excluding hydrogens is 431 g/mol. The average molecular weight is 462 g/mol. The summed E-state index contributed by atoms with van der Waals surface area (Å²) in [6, 6.07) is 9.21. The van der Waals surface area contributed by atoms with Crippen LogP contribution in [0.4, 0.5) is 30.2 Å². The minimum Gasteiger partial charge on any atom is -0.378 e. The number of hydrogen-bond acceptors (Lipinski definition) is 3. The van der Waals surface area contributed by atoms with Crippen molar-refractivity contribution in [3.8, 4) is 0 Å². The lowest BCUT2D eigenvalue weighted by atomic mass is 9.75. The number of para-hydroxylation sites is 1. The molecule has 0 spiro atoms. The van der Waals surface area contributed by atoms with Crippen molar-refractivity contribution in [3.63, 3.8) is 0 Å². The van der Waals surface area contributed by atoms with Crippen molar-refractivity contribution in [2.75, 3.05) is 35.8 Å². The number of alkyl halides is 3. The van der Waals surface area contributed by atoms with Crippen LogP contribution in [0.15, 0.2) is 36.4 Å². The van der Waals surface area contributed by atoms with Crippen LogP contribution in [0.25, 0.3) is 0 Å². The fourth-order valence-electron chi connectivity index (χ4n) is 4.60. The van der Waals surface area contributed by atoms with Crippen molar-refractivity contribution in [1.29, 1.82) is 0 Å². The molecule has 1 saturated heterocycles. The van der Waals surface area contributed by atoms with Crippen molar-refractivity contribution in [3.05, 3.63) is 53.1 Å². The lowest BCUT2D eigenvalue weighted by molar-refractivity contribution is -0.137. The summed E-state index contributed by atoms with van der Waals surface area (Å²) in [5.41, 5.74) is 1.09. The first-order valence-corrected chi connectivity index (χ1v) is 10.9. The Kier molecular flexibility index (Phi) is 6.51. The molecule has 1 heterocycles. The second-order valence-corrected chi connectivity index (χ2v) is 9.01. The lowest BCUT2D eigenvalue weighted by Crippen LogP contribution is -2.42. The first kappa shape index (κ1) is 24.6. The molecule has 0 saturated carbocycles. The number of aryl methyl sites for hydroxylation is 2. The molecule has 178 valence electrons. The summed E-state index contributed by atoms with van der Waals surface area (Å²) in [7, 11) is 3.27. The predicted octanol–water partition coefficient (Wildman–Crippen LogP) is 5.41. The highest BCUT2D eigenvalue weighted by molar-refractivity contribution is 6.07. The number of carbonyl (C=O) groups excluding carboxylic acids is 2. The van der Waals surface area contributed by atoms with Gasteiger partial charge in [0, 0.05) is 37.7 Å². The molecule has 0 aliphatic carbocycles. The highest BCUT2D eigenvalue weighted by Gasteiger charge is 2.54. The maximum Gasteiger partial charge on any atom is 0.416 e. The van der Waals surface area contributed by atoms with Gasteiger partial charge in [0.05, 0.1) is 16.9 Å². The van der Waals surface area contributed by atoms with Crippen molar-refractivity contribution in [2.45, 2.75) is 40.3 Å².